The molecule has 1 N–H and O–H groups in total. The van der Waals surface area contributed by atoms with Gasteiger partial charge in [-0.05, 0) is 24.6 Å². The highest BCUT2D eigenvalue weighted by molar-refractivity contribution is 5.78. The smallest absolute Gasteiger partial charge is 0.258 e. The molecule has 96 valence electrons. The Morgan fingerprint density at radius 3 is 3.05 bits per heavy atom. The predicted octanol–water partition coefficient (Wildman–Crippen LogP) is 1.51. The van der Waals surface area contributed by atoms with Gasteiger partial charge in [-0.3, -0.25) is 0 Å². The zero-order valence-electron chi connectivity index (χ0n) is 10.0. The van der Waals surface area contributed by atoms with Crippen LogP contribution in [0.1, 0.15) is 18.2 Å². The number of rotatable bonds is 2. The van der Waals surface area contributed by atoms with E-state index < -0.39 is 0 Å². The maximum absolute atomic E-state index is 5.33. The number of aromatic amines is 1. The fourth-order valence-electron chi connectivity index (χ4n) is 2.23. The van der Waals surface area contributed by atoms with Crippen molar-refractivity contribution in [1.82, 2.24) is 25.6 Å². The second-order valence-corrected chi connectivity index (χ2v) is 4.55. The summed E-state index contributed by atoms with van der Waals surface area (Å²) in [6.45, 7) is 1.43. The van der Waals surface area contributed by atoms with Crippen LogP contribution in [0.4, 0.5) is 0 Å². The van der Waals surface area contributed by atoms with E-state index in [0.29, 0.717) is 18.3 Å². The van der Waals surface area contributed by atoms with Crippen molar-refractivity contribution in [1.29, 1.82) is 0 Å². The lowest BCUT2D eigenvalue weighted by molar-refractivity contribution is 0.192. The van der Waals surface area contributed by atoms with Crippen LogP contribution >= 0.6 is 0 Å². The molecular weight excluding hydrogens is 246 g/mol. The van der Waals surface area contributed by atoms with Crippen LogP contribution in [0, 0.1) is 0 Å². The first-order valence-electron chi connectivity index (χ1n) is 6.12. The summed E-state index contributed by atoms with van der Waals surface area (Å²) >= 11 is 0. The molecule has 1 aliphatic rings. The van der Waals surface area contributed by atoms with Gasteiger partial charge in [0, 0.05) is 18.1 Å². The zero-order valence-corrected chi connectivity index (χ0v) is 10.0. The van der Waals surface area contributed by atoms with E-state index >= 15 is 0 Å². The first-order valence-corrected chi connectivity index (χ1v) is 6.12. The first-order chi connectivity index (χ1) is 9.40. The molecule has 7 nitrogen and oxygen atoms in total. The van der Waals surface area contributed by atoms with E-state index in [2.05, 4.69) is 25.6 Å². The number of benzene rings is 1. The summed E-state index contributed by atoms with van der Waals surface area (Å²) in [5, 5.41) is 14.7. The second-order valence-electron chi connectivity index (χ2n) is 4.55. The Balaban J connectivity index is 1.70. The van der Waals surface area contributed by atoms with E-state index in [1.807, 2.05) is 18.2 Å². The van der Waals surface area contributed by atoms with Gasteiger partial charge in [0.2, 0.25) is 0 Å². The van der Waals surface area contributed by atoms with Gasteiger partial charge < -0.3 is 9.26 Å². The third kappa shape index (κ3) is 1.78. The normalized spacial score (nSPS) is 19.3. The van der Waals surface area contributed by atoms with Gasteiger partial charge in [-0.25, -0.2) is 0 Å². The lowest BCUT2D eigenvalue weighted by atomic mass is 10.1. The first kappa shape index (κ1) is 10.6. The minimum Gasteiger partial charge on any atom is -0.381 e. The fraction of sp³-hybridized carbons (Fsp3) is 0.333. The summed E-state index contributed by atoms with van der Waals surface area (Å²) in [5.74, 6) is 1.47. The summed E-state index contributed by atoms with van der Waals surface area (Å²) in [6.07, 6.45) is 0.946. The highest BCUT2D eigenvalue weighted by Crippen LogP contribution is 2.26. The molecule has 3 aromatic rings. The molecule has 1 aliphatic heterocycles. The standard InChI is InChI=1S/C12H11N5O2/c1-2-9-10(15-17-14-9)5-7(1)12-13-11(16-19-12)8-3-4-18-6-8/h1-2,5,8H,3-4,6H2,(H,14,15,17)/t8-/m0/s1. The van der Waals surface area contributed by atoms with Crippen LogP contribution in [0.25, 0.3) is 22.5 Å². The van der Waals surface area contributed by atoms with E-state index in [9.17, 15) is 0 Å². The molecule has 0 saturated carbocycles. The Morgan fingerprint density at radius 2 is 2.16 bits per heavy atom. The minimum absolute atomic E-state index is 0.244. The molecular formula is C12H11N5O2. The van der Waals surface area contributed by atoms with Crippen molar-refractivity contribution >= 4 is 11.0 Å². The molecule has 1 fully saturated rings. The third-order valence-electron chi connectivity index (χ3n) is 3.30. The van der Waals surface area contributed by atoms with Crippen LogP contribution in [0.2, 0.25) is 0 Å². The van der Waals surface area contributed by atoms with Gasteiger partial charge in [0.15, 0.2) is 5.82 Å². The third-order valence-corrected chi connectivity index (χ3v) is 3.30. The number of H-pyrrole nitrogens is 1. The number of fused-ring (bicyclic) bond motifs is 1. The van der Waals surface area contributed by atoms with E-state index in [-0.39, 0.29) is 5.92 Å². The SMILES string of the molecule is c1cc2n[nH]nc2cc1-c1nc([C@H]2CCOC2)no1. The maximum atomic E-state index is 5.33. The quantitative estimate of drug-likeness (QED) is 0.748. The molecule has 2 aromatic heterocycles. The number of aromatic nitrogens is 5. The van der Waals surface area contributed by atoms with Crippen molar-refractivity contribution in [3.8, 4) is 11.5 Å². The molecule has 0 unspecified atom stereocenters. The van der Waals surface area contributed by atoms with E-state index in [0.717, 1.165) is 29.6 Å². The molecule has 1 saturated heterocycles. The van der Waals surface area contributed by atoms with E-state index in [1.54, 1.807) is 0 Å². The van der Waals surface area contributed by atoms with Gasteiger partial charge in [-0.1, -0.05) is 5.16 Å². The van der Waals surface area contributed by atoms with Crippen LogP contribution < -0.4 is 0 Å². The highest BCUT2D eigenvalue weighted by atomic mass is 16.5. The Labute approximate surface area is 108 Å². The highest BCUT2D eigenvalue weighted by Gasteiger charge is 2.23. The van der Waals surface area contributed by atoms with Crippen LogP contribution in [0.15, 0.2) is 22.7 Å². The van der Waals surface area contributed by atoms with Crippen LogP contribution in [0.3, 0.4) is 0 Å². The van der Waals surface area contributed by atoms with Gasteiger partial charge in [0.1, 0.15) is 11.0 Å². The molecule has 1 atom stereocenters. The summed E-state index contributed by atoms with van der Waals surface area (Å²) in [4.78, 5) is 4.44. The van der Waals surface area contributed by atoms with Crippen molar-refractivity contribution < 1.29 is 9.26 Å². The van der Waals surface area contributed by atoms with Crippen molar-refractivity contribution in [2.24, 2.45) is 0 Å². The molecule has 0 radical (unpaired) electrons. The molecule has 3 heterocycles. The Hall–Kier alpha value is -2.28. The number of hydrogen-bond donors (Lipinski definition) is 1. The number of hydrogen-bond acceptors (Lipinski definition) is 6. The summed E-state index contributed by atoms with van der Waals surface area (Å²) in [5.41, 5.74) is 2.44. The van der Waals surface area contributed by atoms with Crippen molar-refractivity contribution in [2.75, 3.05) is 13.2 Å². The summed E-state index contributed by atoms with van der Waals surface area (Å²) in [6, 6.07) is 5.64. The van der Waals surface area contributed by atoms with Crippen molar-refractivity contribution in [2.45, 2.75) is 12.3 Å². The Bertz CT molecular complexity index is 714. The van der Waals surface area contributed by atoms with Crippen molar-refractivity contribution in [3.05, 3.63) is 24.0 Å². The molecule has 0 bridgehead atoms. The average molecular weight is 257 g/mol. The van der Waals surface area contributed by atoms with E-state index in [1.165, 1.54) is 0 Å². The van der Waals surface area contributed by atoms with Gasteiger partial charge in [0.05, 0.1) is 6.61 Å². The lowest BCUT2D eigenvalue weighted by Gasteiger charge is -1.97. The van der Waals surface area contributed by atoms with Gasteiger partial charge in [-0.2, -0.15) is 20.4 Å². The predicted molar refractivity (Wildman–Crippen MR) is 65.4 cm³/mol. The molecule has 0 amide bonds. The van der Waals surface area contributed by atoms with Crippen molar-refractivity contribution in [3.63, 3.8) is 0 Å². The molecule has 7 heteroatoms. The molecule has 19 heavy (non-hydrogen) atoms. The second kappa shape index (κ2) is 4.13. The number of ether oxygens (including phenoxy) is 1. The topological polar surface area (TPSA) is 89.7 Å². The number of nitrogens with one attached hydrogen (secondary N) is 1. The summed E-state index contributed by atoms with van der Waals surface area (Å²) in [7, 11) is 0. The zero-order chi connectivity index (χ0) is 12.7. The minimum atomic E-state index is 0.244. The molecule has 0 spiro atoms. The van der Waals surface area contributed by atoms with Gasteiger partial charge >= 0.3 is 0 Å². The van der Waals surface area contributed by atoms with Gasteiger partial charge in [0.25, 0.3) is 5.89 Å². The van der Waals surface area contributed by atoms with E-state index in [4.69, 9.17) is 9.26 Å². The summed E-state index contributed by atoms with van der Waals surface area (Å²) < 4.78 is 10.6. The van der Waals surface area contributed by atoms with Crippen LogP contribution in [-0.4, -0.2) is 38.8 Å². The lowest BCUT2D eigenvalue weighted by Crippen LogP contribution is -1.99. The Kier molecular flexibility index (Phi) is 2.31. The number of nitrogens with zero attached hydrogens (tertiary/aromatic N) is 4. The maximum Gasteiger partial charge on any atom is 0.258 e. The molecule has 0 aliphatic carbocycles. The molecule has 1 aromatic carbocycles. The van der Waals surface area contributed by atoms with Gasteiger partial charge in [-0.15, -0.1) is 0 Å². The van der Waals surface area contributed by atoms with Crippen LogP contribution in [0.5, 0.6) is 0 Å². The molecule has 4 rings (SSSR count). The van der Waals surface area contributed by atoms with Crippen LogP contribution in [-0.2, 0) is 4.74 Å². The largest absolute Gasteiger partial charge is 0.381 e. The Morgan fingerprint density at radius 1 is 1.21 bits per heavy atom. The fourth-order valence-corrected chi connectivity index (χ4v) is 2.23. The monoisotopic (exact) mass is 257 g/mol. The average Bonchev–Trinajstić information content (AvgIpc) is 3.18.